The maximum atomic E-state index is 12.8. The highest BCUT2D eigenvalue weighted by Gasteiger charge is 2.29. The maximum absolute atomic E-state index is 12.8. The van der Waals surface area contributed by atoms with Crippen LogP contribution in [0, 0.1) is 0 Å². The zero-order valence-corrected chi connectivity index (χ0v) is 19.5. The minimum absolute atomic E-state index is 0.0982. The fourth-order valence-corrected chi connectivity index (χ4v) is 5.86. The smallest absolute Gasteiger partial charge is 0.341 e. The van der Waals surface area contributed by atoms with Crippen LogP contribution in [0.4, 0.5) is 10.7 Å². The summed E-state index contributed by atoms with van der Waals surface area (Å²) in [5, 5.41) is 3.47. The zero-order valence-electron chi connectivity index (χ0n) is 16.3. The Labute approximate surface area is 189 Å². The van der Waals surface area contributed by atoms with E-state index in [4.69, 9.17) is 27.9 Å². The first-order chi connectivity index (χ1) is 14.1. The first kappa shape index (κ1) is 22.9. The molecule has 30 heavy (non-hydrogen) atoms. The Morgan fingerprint density at radius 2 is 2.00 bits per heavy atom. The highest BCUT2D eigenvalue weighted by molar-refractivity contribution is 7.92. The number of sulfonamides is 1. The van der Waals surface area contributed by atoms with Crippen molar-refractivity contribution >= 4 is 67.1 Å². The number of hydrogen-bond acceptors (Lipinski definition) is 6. The van der Waals surface area contributed by atoms with Crippen molar-refractivity contribution in [2.45, 2.75) is 26.2 Å². The first-order valence-electron chi connectivity index (χ1n) is 9.16. The molecule has 0 aliphatic heterocycles. The fraction of sp³-hybridized carbons (Fsp3) is 0.368. The van der Waals surface area contributed by atoms with Crippen molar-refractivity contribution in [3.63, 3.8) is 0 Å². The van der Waals surface area contributed by atoms with Gasteiger partial charge in [0.1, 0.15) is 11.5 Å². The third kappa shape index (κ3) is 4.91. The van der Waals surface area contributed by atoms with Gasteiger partial charge in [0.05, 0.1) is 29.1 Å². The summed E-state index contributed by atoms with van der Waals surface area (Å²) in [6, 6.07) is 4.35. The van der Waals surface area contributed by atoms with Gasteiger partial charge in [0.15, 0.2) is 0 Å². The molecule has 0 spiro atoms. The topological polar surface area (TPSA) is 92.8 Å². The Balaban J connectivity index is 1.89. The van der Waals surface area contributed by atoms with Gasteiger partial charge in [0, 0.05) is 9.90 Å². The minimum Gasteiger partial charge on any atom is -0.462 e. The summed E-state index contributed by atoms with van der Waals surface area (Å²) in [5.41, 5.74) is 1.35. The Hall–Kier alpha value is -1.81. The number of benzene rings is 1. The van der Waals surface area contributed by atoms with Crippen LogP contribution in [-0.4, -0.2) is 39.7 Å². The van der Waals surface area contributed by atoms with Crippen LogP contribution in [0.15, 0.2) is 18.2 Å². The Kier molecular flexibility index (Phi) is 6.96. The monoisotopic (exact) mass is 490 g/mol. The molecule has 1 aromatic heterocycles. The number of rotatable bonds is 7. The van der Waals surface area contributed by atoms with Crippen LogP contribution in [0.3, 0.4) is 0 Å². The number of esters is 1. The summed E-state index contributed by atoms with van der Waals surface area (Å²) in [5.74, 6) is -1.10. The third-order valence-electron chi connectivity index (χ3n) is 4.52. The van der Waals surface area contributed by atoms with Gasteiger partial charge < -0.3 is 10.1 Å². The number of nitrogens with one attached hydrogen (secondary N) is 1. The molecule has 162 valence electrons. The standard InChI is InChI=1S/C19H20Cl2N2O5S2/c1-3-28-19(25)17-12-5-4-6-15(12)29-18(17)22-16(24)10-23(30(2,26)27)14-9-11(20)7-8-13(14)21/h7-9H,3-6,10H2,1-2H3,(H,22,24). The van der Waals surface area contributed by atoms with E-state index in [-0.39, 0.29) is 22.3 Å². The first-order valence-corrected chi connectivity index (χ1v) is 12.6. The van der Waals surface area contributed by atoms with Crippen LogP contribution in [0.1, 0.15) is 34.1 Å². The molecule has 0 fully saturated rings. The van der Waals surface area contributed by atoms with Gasteiger partial charge in [-0.1, -0.05) is 23.2 Å². The molecule has 2 aromatic rings. The largest absolute Gasteiger partial charge is 0.462 e. The van der Waals surface area contributed by atoms with Crippen molar-refractivity contribution < 1.29 is 22.7 Å². The second-order valence-corrected chi connectivity index (χ2v) is 10.6. The second kappa shape index (κ2) is 9.13. The second-order valence-electron chi connectivity index (χ2n) is 6.70. The molecule has 1 aliphatic carbocycles. The quantitative estimate of drug-likeness (QED) is 0.589. The molecule has 3 rings (SSSR count). The molecule has 0 unspecified atom stereocenters. The lowest BCUT2D eigenvalue weighted by Crippen LogP contribution is -2.37. The number of nitrogens with zero attached hydrogens (tertiary/aromatic N) is 1. The van der Waals surface area contributed by atoms with E-state index in [0.29, 0.717) is 10.6 Å². The summed E-state index contributed by atoms with van der Waals surface area (Å²) in [7, 11) is -3.83. The van der Waals surface area contributed by atoms with Gasteiger partial charge in [0.2, 0.25) is 15.9 Å². The van der Waals surface area contributed by atoms with E-state index < -0.39 is 28.4 Å². The number of fused-ring (bicyclic) bond motifs is 1. The summed E-state index contributed by atoms with van der Waals surface area (Å²) in [6.45, 7) is 1.40. The van der Waals surface area contributed by atoms with Crippen LogP contribution >= 0.6 is 34.5 Å². The number of ether oxygens (including phenoxy) is 1. The summed E-state index contributed by atoms with van der Waals surface area (Å²) < 4.78 is 30.7. The van der Waals surface area contributed by atoms with E-state index in [9.17, 15) is 18.0 Å². The fourth-order valence-electron chi connectivity index (χ4n) is 3.27. The van der Waals surface area contributed by atoms with Gasteiger partial charge in [-0.2, -0.15) is 0 Å². The van der Waals surface area contributed by atoms with Gasteiger partial charge in [0.25, 0.3) is 0 Å². The van der Waals surface area contributed by atoms with Crippen LogP contribution in [0.5, 0.6) is 0 Å². The van der Waals surface area contributed by atoms with Crippen molar-refractivity contribution in [3.05, 3.63) is 44.2 Å². The molecule has 7 nitrogen and oxygen atoms in total. The molecule has 1 aliphatic rings. The minimum atomic E-state index is -3.83. The molecule has 1 aromatic carbocycles. The number of halogens is 2. The summed E-state index contributed by atoms with van der Waals surface area (Å²) in [4.78, 5) is 26.2. The highest BCUT2D eigenvalue weighted by atomic mass is 35.5. The highest BCUT2D eigenvalue weighted by Crippen LogP contribution is 2.39. The lowest BCUT2D eigenvalue weighted by molar-refractivity contribution is -0.114. The SMILES string of the molecule is CCOC(=O)c1c(NC(=O)CN(c2cc(Cl)ccc2Cl)S(C)(=O)=O)sc2c1CCC2. The number of aryl methyl sites for hydroxylation is 1. The number of anilines is 2. The molecule has 0 atom stereocenters. The van der Waals surface area contributed by atoms with Crippen LogP contribution < -0.4 is 9.62 Å². The van der Waals surface area contributed by atoms with E-state index in [1.54, 1.807) is 6.92 Å². The number of hydrogen-bond donors (Lipinski definition) is 1. The van der Waals surface area contributed by atoms with Crippen molar-refractivity contribution in [3.8, 4) is 0 Å². The van der Waals surface area contributed by atoms with Crippen molar-refractivity contribution in [2.75, 3.05) is 29.0 Å². The van der Waals surface area contributed by atoms with Crippen molar-refractivity contribution in [1.29, 1.82) is 0 Å². The Morgan fingerprint density at radius 3 is 2.67 bits per heavy atom. The Bertz CT molecular complexity index is 1100. The average molecular weight is 491 g/mol. The molecule has 1 amide bonds. The number of thiophene rings is 1. The number of carbonyl (C=O) groups is 2. The molecule has 0 radical (unpaired) electrons. The predicted molar refractivity (Wildman–Crippen MR) is 120 cm³/mol. The molecule has 1 N–H and O–H groups in total. The maximum Gasteiger partial charge on any atom is 0.341 e. The van der Waals surface area contributed by atoms with Gasteiger partial charge in [-0.3, -0.25) is 9.10 Å². The van der Waals surface area contributed by atoms with Gasteiger partial charge in [-0.05, 0) is 49.9 Å². The lowest BCUT2D eigenvalue weighted by atomic mass is 10.1. The molecular formula is C19H20Cl2N2O5S2. The van der Waals surface area contributed by atoms with Gasteiger partial charge in [-0.25, -0.2) is 13.2 Å². The van der Waals surface area contributed by atoms with Crippen LogP contribution in [0.2, 0.25) is 10.0 Å². The molecule has 0 saturated carbocycles. The molecule has 11 heteroatoms. The zero-order chi connectivity index (χ0) is 22.1. The van der Waals surface area contributed by atoms with Crippen LogP contribution in [-0.2, 0) is 32.4 Å². The van der Waals surface area contributed by atoms with E-state index in [1.807, 2.05) is 0 Å². The van der Waals surface area contributed by atoms with Crippen LogP contribution in [0.25, 0.3) is 0 Å². The van der Waals surface area contributed by atoms with E-state index in [0.717, 1.165) is 40.3 Å². The van der Waals surface area contributed by atoms with E-state index in [1.165, 1.54) is 29.5 Å². The molecule has 0 bridgehead atoms. The van der Waals surface area contributed by atoms with E-state index >= 15 is 0 Å². The molecule has 1 heterocycles. The van der Waals surface area contributed by atoms with Gasteiger partial charge >= 0.3 is 5.97 Å². The number of amides is 1. The van der Waals surface area contributed by atoms with Crippen molar-refractivity contribution in [1.82, 2.24) is 0 Å². The predicted octanol–water partition coefficient (Wildman–Crippen LogP) is 4.13. The lowest BCUT2D eigenvalue weighted by Gasteiger charge is -2.23. The third-order valence-corrected chi connectivity index (χ3v) is 7.41. The Morgan fingerprint density at radius 1 is 1.27 bits per heavy atom. The number of carbonyl (C=O) groups excluding carboxylic acids is 2. The van der Waals surface area contributed by atoms with Gasteiger partial charge in [-0.15, -0.1) is 11.3 Å². The summed E-state index contributed by atoms with van der Waals surface area (Å²) >= 11 is 13.4. The van der Waals surface area contributed by atoms with Crippen molar-refractivity contribution in [2.24, 2.45) is 0 Å². The molecule has 0 saturated heterocycles. The van der Waals surface area contributed by atoms with E-state index in [2.05, 4.69) is 5.32 Å². The molecular weight excluding hydrogens is 471 g/mol. The normalized spacial score (nSPS) is 13.1. The average Bonchev–Trinajstić information content (AvgIpc) is 3.21. The summed E-state index contributed by atoms with van der Waals surface area (Å²) in [6.07, 6.45) is 3.48.